The van der Waals surface area contributed by atoms with Crippen LogP contribution in [0.4, 0.5) is 0 Å². The van der Waals surface area contributed by atoms with Crippen LogP contribution in [0.15, 0.2) is 62.1 Å². The third-order valence-corrected chi connectivity index (χ3v) is 4.35. The summed E-state index contributed by atoms with van der Waals surface area (Å²) < 4.78 is 11.7. The Balaban J connectivity index is 1.66. The maximum absolute atomic E-state index is 12.3. The van der Waals surface area contributed by atoms with E-state index < -0.39 is 0 Å². The lowest BCUT2D eigenvalue weighted by atomic mass is 10.1. The Kier molecular flexibility index (Phi) is 5.35. The van der Waals surface area contributed by atoms with Crippen molar-refractivity contribution < 1.29 is 13.7 Å². The van der Waals surface area contributed by atoms with Gasteiger partial charge in [-0.15, -0.1) is 0 Å². The van der Waals surface area contributed by atoms with Gasteiger partial charge >= 0.3 is 0 Å². The molecule has 0 fully saturated rings. The summed E-state index contributed by atoms with van der Waals surface area (Å²) in [4.78, 5) is 14.3. The largest absolute Gasteiger partial charge is 0.468 e. The van der Waals surface area contributed by atoms with Crippen LogP contribution in [-0.4, -0.2) is 36.6 Å². The highest BCUT2D eigenvalue weighted by Crippen LogP contribution is 2.23. The highest BCUT2D eigenvalue weighted by molar-refractivity contribution is 9.10. The van der Waals surface area contributed by atoms with Crippen LogP contribution in [0.1, 0.15) is 22.3 Å². The summed E-state index contributed by atoms with van der Waals surface area (Å²) >= 11 is 3.39. The number of likely N-dealkylation sites (N-methyl/N-ethyl adjacent to an activating group) is 1. The molecule has 3 aromatic rings. The Morgan fingerprint density at radius 2 is 2.04 bits per heavy atom. The van der Waals surface area contributed by atoms with Crippen molar-refractivity contribution in [3.05, 3.63) is 64.7 Å². The minimum Gasteiger partial charge on any atom is -0.468 e. The van der Waals surface area contributed by atoms with Crippen molar-refractivity contribution in [2.75, 3.05) is 20.6 Å². The van der Waals surface area contributed by atoms with Gasteiger partial charge in [0.25, 0.3) is 5.91 Å². The van der Waals surface area contributed by atoms with Crippen molar-refractivity contribution in [1.82, 2.24) is 15.4 Å². The van der Waals surface area contributed by atoms with Gasteiger partial charge in [0.2, 0.25) is 0 Å². The number of rotatable bonds is 6. The van der Waals surface area contributed by atoms with Crippen LogP contribution in [-0.2, 0) is 0 Å². The molecule has 0 saturated heterocycles. The molecule has 0 saturated carbocycles. The minimum absolute atomic E-state index is 0.0585. The molecule has 25 heavy (non-hydrogen) atoms. The molecule has 0 aliphatic carbocycles. The monoisotopic (exact) mass is 403 g/mol. The average molecular weight is 404 g/mol. The Morgan fingerprint density at radius 1 is 1.28 bits per heavy atom. The molecule has 3 rings (SSSR count). The zero-order valence-electron chi connectivity index (χ0n) is 13.9. The number of nitrogens with zero attached hydrogens (tertiary/aromatic N) is 2. The van der Waals surface area contributed by atoms with Crippen LogP contribution in [0, 0.1) is 0 Å². The molecule has 1 amide bonds. The third-order valence-electron chi connectivity index (χ3n) is 3.82. The predicted octanol–water partition coefficient (Wildman–Crippen LogP) is 3.73. The van der Waals surface area contributed by atoms with Gasteiger partial charge in [0, 0.05) is 22.6 Å². The summed E-state index contributed by atoms with van der Waals surface area (Å²) in [5.74, 6) is 1.05. The number of amides is 1. The zero-order valence-corrected chi connectivity index (χ0v) is 15.5. The first-order valence-corrected chi connectivity index (χ1v) is 8.54. The van der Waals surface area contributed by atoms with Crippen LogP contribution in [0.5, 0.6) is 0 Å². The molecule has 0 bridgehead atoms. The summed E-state index contributed by atoms with van der Waals surface area (Å²) in [6, 6.07) is 12.9. The average Bonchev–Trinajstić information content (AvgIpc) is 3.27. The molecule has 1 N–H and O–H groups in total. The standard InChI is InChI=1S/C18H18BrN3O3/c1-22(2)15(16-4-3-9-24-16)11-20-18(23)14-10-17(25-21-14)12-5-7-13(19)8-6-12/h3-10,15H,11H2,1-2H3,(H,20,23). The van der Waals surface area contributed by atoms with Crippen LogP contribution in [0.3, 0.4) is 0 Å². The highest BCUT2D eigenvalue weighted by Gasteiger charge is 2.20. The predicted molar refractivity (Wildman–Crippen MR) is 97.1 cm³/mol. The third kappa shape index (κ3) is 4.18. The topological polar surface area (TPSA) is 71.5 Å². The van der Waals surface area contributed by atoms with Gasteiger partial charge in [0.1, 0.15) is 5.76 Å². The van der Waals surface area contributed by atoms with Gasteiger partial charge in [-0.1, -0.05) is 33.2 Å². The maximum Gasteiger partial charge on any atom is 0.273 e. The van der Waals surface area contributed by atoms with Crippen molar-refractivity contribution in [2.24, 2.45) is 0 Å². The normalized spacial score (nSPS) is 12.3. The number of carbonyl (C=O) groups excluding carboxylic acids is 1. The Labute approximate surface area is 153 Å². The molecule has 2 aromatic heterocycles. The molecule has 7 heteroatoms. The van der Waals surface area contributed by atoms with Crippen molar-refractivity contribution in [3.8, 4) is 11.3 Å². The van der Waals surface area contributed by atoms with Gasteiger partial charge in [-0.3, -0.25) is 9.69 Å². The second kappa shape index (κ2) is 7.67. The van der Waals surface area contributed by atoms with Crippen molar-refractivity contribution in [3.63, 3.8) is 0 Å². The van der Waals surface area contributed by atoms with Gasteiger partial charge < -0.3 is 14.3 Å². The Morgan fingerprint density at radius 3 is 2.68 bits per heavy atom. The molecule has 1 atom stereocenters. The molecule has 0 aliphatic rings. The van der Waals surface area contributed by atoms with Crippen molar-refractivity contribution in [2.45, 2.75) is 6.04 Å². The molecule has 0 aliphatic heterocycles. The van der Waals surface area contributed by atoms with E-state index in [-0.39, 0.29) is 17.6 Å². The summed E-state index contributed by atoms with van der Waals surface area (Å²) in [5.41, 5.74) is 1.10. The molecule has 1 unspecified atom stereocenters. The number of aromatic nitrogens is 1. The van der Waals surface area contributed by atoms with E-state index in [4.69, 9.17) is 8.94 Å². The first-order valence-electron chi connectivity index (χ1n) is 7.75. The van der Waals surface area contributed by atoms with Gasteiger partial charge in [-0.2, -0.15) is 0 Å². The fraction of sp³-hybridized carbons (Fsp3) is 0.222. The number of benzene rings is 1. The van der Waals surface area contributed by atoms with Gasteiger partial charge in [-0.25, -0.2) is 0 Å². The van der Waals surface area contributed by atoms with Crippen molar-refractivity contribution >= 4 is 21.8 Å². The second-order valence-corrected chi connectivity index (χ2v) is 6.70. The van der Waals surface area contributed by atoms with E-state index in [0.29, 0.717) is 12.3 Å². The minimum atomic E-state index is -0.287. The molecular weight excluding hydrogens is 386 g/mol. The summed E-state index contributed by atoms with van der Waals surface area (Å²) in [6.07, 6.45) is 1.62. The van der Waals surface area contributed by atoms with E-state index in [0.717, 1.165) is 15.8 Å². The lowest BCUT2D eigenvalue weighted by Crippen LogP contribution is -2.34. The fourth-order valence-corrected chi connectivity index (χ4v) is 2.70. The lowest BCUT2D eigenvalue weighted by Gasteiger charge is -2.22. The fourth-order valence-electron chi connectivity index (χ4n) is 2.43. The molecule has 0 spiro atoms. The summed E-state index contributed by atoms with van der Waals surface area (Å²) in [5, 5.41) is 6.74. The van der Waals surface area contributed by atoms with E-state index in [1.165, 1.54) is 0 Å². The Hall–Kier alpha value is -2.38. The smallest absolute Gasteiger partial charge is 0.273 e. The molecule has 130 valence electrons. The zero-order chi connectivity index (χ0) is 17.8. The summed E-state index contributed by atoms with van der Waals surface area (Å²) in [6.45, 7) is 0.403. The highest BCUT2D eigenvalue weighted by atomic mass is 79.9. The van der Waals surface area contributed by atoms with E-state index >= 15 is 0 Å². The van der Waals surface area contributed by atoms with Gasteiger partial charge in [0.15, 0.2) is 11.5 Å². The quantitative estimate of drug-likeness (QED) is 0.678. The van der Waals surface area contributed by atoms with E-state index in [1.807, 2.05) is 55.4 Å². The second-order valence-electron chi connectivity index (χ2n) is 5.79. The van der Waals surface area contributed by atoms with Crippen LogP contribution in [0.25, 0.3) is 11.3 Å². The van der Waals surface area contributed by atoms with Crippen LogP contribution in [0.2, 0.25) is 0 Å². The van der Waals surface area contributed by atoms with Crippen LogP contribution >= 0.6 is 15.9 Å². The first-order chi connectivity index (χ1) is 12.0. The van der Waals surface area contributed by atoms with Gasteiger partial charge in [0.05, 0.1) is 12.3 Å². The Bertz CT molecular complexity index is 826. The van der Waals surface area contributed by atoms with Crippen LogP contribution < -0.4 is 5.32 Å². The maximum atomic E-state index is 12.3. The van der Waals surface area contributed by atoms with E-state index in [1.54, 1.807) is 12.3 Å². The van der Waals surface area contributed by atoms with Crippen molar-refractivity contribution in [1.29, 1.82) is 0 Å². The SMILES string of the molecule is CN(C)C(CNC(=O)c1cc(-c2ccc(Br)cc2)on1)c1ccco1. The number of halogens is 1. The number of nitrogens with one attached hydrogen (secondary N) is 1. The first kappa shape index (κ1) is 17.4. The van der Waals surface area contributed by atoms with E-state index in [9.17, 15) is 4.79 Å². The van der Waals surface area contributed by atoms with E-state index in [2.05, 4.69) is 26.4 Å². The number of hydrogen-bond acceptors (Lipinski definition) is 5. The molecule has 0 radical (unpaired) electrons. The molecule has 2 heterocycles. The van der Waals surface area contributed by atoms with Gasteiger partial charge in [-0.05, 0) is 38.4 Å². The number of hydrogen-bond donors (Lipinski definition) is 1. The lowest BCUT2D eigenvalue weighted by molar-refractivity contribution is 0.0930. The number of carbonyl (C=O) groups is 1. The summed E-state index contributed by atoms with van der Waals surface area (Å²) in [7, 11) is 3.86. The molecule has 1 aromatic carbocycles. The number of furan rings is 1. The molecule has 6 nitrogen and oxygen atoms in total. The molecular formula is C18H18BrN3O3.